The Morgan fingerprint density at radius 1 is 1.22 bits per heavy atom. The van der Waals surface area contributed by atoms with Crippen molar-refractivity contribution in [1.29, 1.82) is 0 Å². The number of hydrogen-bond acceptors (Lipinski definition) is 4. The van der Waals surface area contributed by atoms with Gasteiger partial charge < -0.3 is 10.4 Å². The van der Waals surface area contributed by atoms with Crippen LogP contribution in [0.1, 0.15) is 5.56 Å². The first-order valence-electron chi connectivity index (χ1n) is 6.81. The van der Waals surface area contributed by atoms with Gasteiger partial charge in [0.25, 0.3) is 0 Å². The fraction of sp³-hybridized carbons (Fsp3) is 0.200. The van der Waals surface area contributed by atoms with Gasteiger partial charge in [-0.3, -0.25) is 4.40 Å². The van der Waals surface area contributed by atoms with Crippen LogP contribution in [0.4, 0.5) is 19.0 Å². The van der Waals surface area contributed by atoms with Gasteiger partial charge in [0.2, 0.25) is 0 Å². The minimum absolute atomic E-state index is 0.0642. The van der Waals surface area contributed by atoms with E-state index in [1.165, 1.54) is 6.20 Å². The van der Waals surface area contributed by atoms with E-state index in [2.05, 4.69) is 15.3 Å². The third-order valence-corrected chi connectivity index (χ3v) is 3.29. The average Bonchev–Trinajstić information content (AvgIpc) is 2.97. The summed E-state index contributed by atoms with van der Waals surface area (Å²) in [5, 5.41) is 11.5. The number of aliphatic hydroxyl groups is 1. The molecule has 0 spiro atoms. The maximum atomic E-state index is 12.4. The van der Waals surface area contributed by atoms with Crippen LogP contribution in [0, 0.1) is 0 Å². The lowest BCUT2D eigenvalue weighted by molar-refractivity contribution is -0.115. The molecule has 8 heteroatoms. The molecule has 2 aromatic heterocycles. The van der Waals surface area contributed by atoms with Crippen LogP contribution >= 0.6 is 0 Å². The average molecular weight is 322 g/mol. The molecule has 0 amide bonds. The number of halogens is 3. The van der Waals surface area contributed by atoms with Crippen molar-refractivity contribution in [3.63, 3.8) is 0 Å². The molecule has 2 heterocycles. The van der Waals surface area contributed by atoms with E-state index in [1.54, 1.807) is 35.0 Å². The Morgan fingerprint density at radius 3 is 2.78 bits per heavy atom. The number of aromatic nitrogens is 3. The standard InChI is InChI=1S/C15H13F3N4O/c16-15(17,18)9-21-13-14-20-7-12(22(14)5-4-19-13)11-3-1-2-10(6-11)8-23/h1-7,23H,8-9H2,(H,19,21). The molecule has 0 atom stereocenters. The lowest BCUT2D eigenvalue weighted by atomic mass is 10.1. The molecule has 23 heavy (non-hydrogen) atoms. The van der Waals surface area contributed by atoms with E-state index in [1.807, 2.05) is 6.07 Å². The third kappa shape index (κ3) is 3.26. The zero-order valence-electron chi connectivity index (χ0n) is 11.9. The van der Waals surface area contributed by atoms with E-state index in [0.717, 1.165) is 11.1 Å². The topological polar surface area (TPSA) is 62.5 Å². The van der Waals surface area contributed by atoms with E-state index in [0.29, 0.717) is 11.3 Å². The van der Waals surface area contributed by atoms with E-state index >= 15 is 0 Å². The van der Waals surface area contributed by atoms with Gasteiger partial charge in [0.15, 0.2) is 11.5 Å². The number of imidazole rings is 1. The number of nitrogens with one attached hydrogen (secondary N) is 1. The Morgan fingerprint density at radius 2 is 2.04 bits per heavy atom. The van der Waals surface area contributed by atoms with Gasteiger partial charge in [0, 0.05) is 18.0 Å². The molecule has 0 radical (unpaired) electrons. The van der Waals surface area contributed by atoms with Crippen molar-refractivity contribution in [2.24, 2.45) is 0 Å². The van der Waals surface area contributed by atoms with Crippen molar-refractivity contribution in [3.8, 4) is 11.3 Å². The molecule has 0 saturated carbocycles. The summed E-state index contributed by atoms with van der Waals surface area (Å²) in [6.45, 7) is -1.27. The van der Waals surface area contributed by atoms with Crippen LogP contribution in [0.15, 0.2) is 42.9 Å². The van der Waals surface area contributed by atoms with E-state index in [-0.39, 0.29) is 12.4 Å². The van der Waals surface area contributed by atoms with Crippen molar-refractivity contribution < 1.29 is 18.3 Å². The van der Waals surface area contributed by atoms with Crippen molar-refractivity contribution in [2.45, 2.75) is 12.8 Å². The van der Waals surface area contributed by atoms with Crippen molar-refractivity contribution in [1.82, 2.24) is 14.4 Å². The van der Waals surface area contributed by atoms with Gasteiger partial charge in [-0.1, -0.05) is 18.2 Å². The minimum Gasteiger partial charge on any atom is -0.392 e. The van der Waals surface area contributed by atoms with Crippen LogP contribution in [0.3, 0.4) is 0 Å². The number of hydrogen-bond donors (Lipinski definition) is 2. The lowest BCUT2D eigenvalue weighted by Crippen LogP contribution is -2.22. The Hall–Kier alpha value is -2.61. The van der Waals surface area contributed by atoms with E-state index < -0.39 is 12.7 Å². The zero-order chi connectivity index (χ0) is 16.4. The summed E-state index contributed by atoms with van der Waals surface area (Å²) in [6.07, 6.45) is 0.264. The SMILES string of the molecule is OCc1cccc(-c2cnc3c(NCC(F)(F)F)nccn23)c1. The number of fused-ring (bicyclic) bond motifs is 1. The summed E-state index contributed by atoms with van der Waals surface area (Å²) in [5.74, 6) is 0.0642. The quantitative estimate of drug-likeness (QED) is 0.775. The molecule has 120 valence electrons. The molecule has 0 aliphatic rings. The van der Waals surface area contributed by atoms with E-state index in [9.17, 15) is 18.3 Å². The van der Waals surface area contributed by atoms with Crippen LogP contribution in [0.2, 0.25) is 0 Å². The number of aliphatic hydroxyl groups excluding tert-OH is 1. The maximum Gasteiger partial charge on any atom is 0.405 e. The van der Waals surface area contributed by atoms with Gasteiger partial charge >= 0.3 is 6.18 Å². The highest BCUT2D eigenvalue weighted by Crippen LogP contribution is 2.25. The highest BCUT2D eigenvalue weighted by atomic mass is 19.4. The molecular formula is C15H13F3N4O. The Balaban J connectivity index is 2.01. The van der Waals surface area contributed by atoms with Gasteiger partial charge in [-0.05, 0) is 11.6 Å². The summed E-state index contributed by atoms with van der Waals surface area (Å²) in [6, 6.07) is 7.22. The molecule has 1 aromatic carbocycles. The first-order valence-corrected chi connectivity index (χ1v) is 6.81. The zero-order valence-corrected chi connectivity index (χ0v) is 11.9. The molecule has 0 saturated heterocycles. The fourth-order valence-corrected chi connectivity index (χ4v) is 2.27. The highest BCUT2D eigenvalue weighted by Gasteiger charge is 2.27. The van der Waals surface area contributed by atoms with Crippen molar-refractivity contribution in [2.75, 3.05) is 11.9 Å². The summed E-state index contributed by atoms with van der Waals surface area (Å²) in [7, 11) is 0. The smallest absolute Gasteiger partial charge is 0.392 e. The number of anilines is 1. The number of benzene rings is 1. The fourth-order valence-electron chi connectivity index (χ4n) is 2.27. The summed E-state index contributed by atoms with van der Waals surface area (Å²) in [4.78, 5) is 8.08. The van der Waals surface area contributed by atoms with Crippen LogP contribution in [0.25, 0.3) is 16.9 Å². The molecule has 5 nitrogen and oxygen atoms in total. The molecule has 0 aliphatic carbocycles. The molecule has 3 rings (SSSR count). The number of alkyl halides is 3. The van der Waals surface area contributed by atoms with Crippen LogP contribution in [0.5, 0.6) is 0 Å². The number of rotatable bonds is 4. The van der Waals surface area contributed by atoms with Crippen LogP contribution in [-0.2, 0) is 6.61 Å². The van der Waals surface area contributed by atoms with Gasteiger partial charge in [-0.25, -0.2) is 9.97 Å². The second kappa shape index (κ2) is 5.88. The number of nitrogens with zero attached hydrogens (tertiary/aromatic N) is 3. The molecule has 0 fully saturated rings. The van der Waals surface area contributed by atoms with Crippen LogP contribution < -0.4 is 5.32 Å². The molecular weight excluding hydrogens is 309 g/mol. The highest BCUT2D eigenvalue weighted by molar-refractivity contribution is 5.70. The summed E-state index contributed by atoms with van der Waals surface area (Å²) < 4.78 is 38.7. The normalized spacial score (nSPS) is 11.8. The predicted octanol–water partition coefficient (Wildman–Crippen LogP) is 2.86. The second-order valence-electron chi connectivity index (χ2n) is 4.94. The van der Waals surface area contributed by atoms with Crippen LogP contribution in [-0.4, -0.2) is 32.2 Å². The first kappa shape index (κ1) is 15.3. The molecule has 2 N–H and O–H groups in total. The largest absolute Gasteiger partial charge is 0.405 e. The molecule has 0 aliphatic heterocycles. The van der Waals surface area contributed by atoms with Gasteiger partial charge in [-0.2, -0.15) is 13.2 Å². The Bertz CT molecular complexity index is 829. The molecule has 0 unspecified atom stereocenters. The second-order valence-corrected chi connectivity index (χ2v) is 4.94. The predicted molar refractivity (Wildman–Crippen MR) is 78.9 cm³/mol. The molecule has 0 bridgehead atoms. The van der Waals surface area contributed by atoms with Crippen molar-refractivity contribution in [3.05, 3.63) is 48.4 Å². The summed E-state index contributed by atoms with van der Waals surface area (Å²) in [5.41, 5.74) is 2.55. The monoisotopic (exact) mass is 322 g/mol. The third-order valence-electron chi connectivity index (χ3n) is 3.29. The van der Waals surface area contributed by atoms with E-state index in [4.69, 9.17) is 0 Å². The Kier molecular flexibility index (Phi) is 3.91. The van der Waals surface area contributed by atoms with Gasteiger partial charge in [0.05, 0.1) is 18.5 Å². The Labute approximate surface area is 129 Å². The molecule has 3 aromatic rings. The van der Waals surface area contributed by atoms with Gasteiger partial charge in [-0.15, -0.1) is 0 Å². The lowest BCUT2D eigenvalue weighted by Gasteiger charge is -2.10. The minimum atomic E-state index is -4.33. The first-order chi connectivity index (χ1) is 11.0. The van der Waals surface area contributed by atoms with Gasteiger partial charge in [0.1, 0.15) is 6.54 Å². The summed E-state index contributed by atoms with van der Waals surface area (Å²) >= 11 is 0. The maximum absolute atomic E-state index is 12.4. The van der Waals surface area contributed by atoms with Crippen molar-refractivity contribution >= 4 is 11.5 Å².